The van der Waals surface area contributed by atoms with E-state index in [1.54, 1.807) is 0 Å². The highest BCUT2D eigenvalue weighted by Crippen LogP contribution is 2.43. The fourth-order valence-corrected chi connectivity index (χ4v) is 7.18. The normalized spacial score (nSPS) is 11.8. The number of halogens is 1. The van der Waals surface area contributed by atoms with Gasteiger partial charge in [0.15, 0.2) is 11.2 Å². The van der Waals surface area contributed by atoms with Crippen molar-refractivity contribution < 1.29 is 13.2 Å². The second-order valence-corrected chi connectivity index (χ2v) is 12.3. The van der Waals surface area contributed by atoms with Crippen molar-refractivity contribution in [1.82, 2.24) is 4.57 Å². The molecule has 0 aliphatic rings. The zero-order valence-electron chi connectivity index (χ0n) is 26.2. The molecule has 4 nitrogen and oxygen atoms in total. The van der Waals surface area contributed by atoms with E-state index in [1.165, 1.54) is 17.7 Å². The van der Waals surface area contributed by atoms with E-state index in [-0.39, 0.29) is 5.82 Å². The number of nitrogens with zero attached hydrogens (tertiary/aromatic N) is 2. The Labute approximate surface area is 280 Å². The second-order valence-electron chi connectivity index (χ2n) is 12.3. The number of rotatable bonds is 5. The van der Waals surface area contributed by atoms with Crippen LogP contribution in [-0.4, -0.2) is 4.57 Å². The minimum atomic E-state index is -0.254. The molecule has 3 aromatic heterocycles. The lowest BCUT2D eigenvalue weighted by atomic mass is 10.0. The number of hydrogen-bond donors (Lipinski definition) is 0. The van der Waals surface area contributed by atoms with Gasteiger partial charge in [-0.1, -0.05) is 72.8 Å². The van der Waals surface area contributed by atoms with Crippen LogP contribution in [0.4, 0.5) is 21.5 Å². The summed E-state index contributed by atoms with van der Waals surface area (Å²) >= 11 is 0. The van der Waals surface area contributed by atoms with E-state index in [0.29, 0.717) is 0 Å². The molecule has 0 amide bonds. The standard InChI is InChI=1S/C44H27FN2O2/c45-30-16-20-32(21-17-30)47-39-12-6-4-10-35(39)38-26-33(23-25-40(38)47)46(31-18-14-29(15-19-31)28-8-2-1-3-9-28)34-22-24-37-42(27-34)49-43-36-11-5-7-13-41(36)48-44(37)43/h1-27H. The van der Waals surface area contributed by atoms with E-state index < -0.39 is 0 Å². The molecule has 7 aromatic carbocycles. The van der Waals surface area contributed by atoms with E-state index >= 15 is 0 Å². The van der Waals surface area contributed by atoms with Crippen LogP contribution in [0, 0.1) is 5.82 Å². The van der Waals surface area contributed by atoms with Gasteiger partial charge < -0.3 is 18.3 Å². The zero-order valence-corrected chi connectivity index (χ0v) is 26.2. The van der Waals surface area contributed by atoms with Crippen LogP contribution in [-0.2, 0) is 0 Å². The third-order valence-corrected chi connectivity index (χ3v) is 9.46. The van der Waals surface area contributed by atoms with Gasteiger partial charge in [0, 0.05) is 39.6 Å². The van der Waals surface area contributed by atoms with Crippen LogP contribution in [0.5, 0.6) is 0 Å². The van der Waals surface area contributed by atoms with Crippen molar-refractivity contribution >= 4 is 72.0 Å². The van der Waals surface area contributed by atoms with Crippen LogP contribution in [0.15, 0.2) is 173 Å². The number of para-hydroxylation sites is 2. The Morgan fingerprint density at radius 2 is 1.02 bits per heavy atom. The van der Waals surface area contributed by atoms with Gasteiger partial charge in [0.1, 0.15) is 17.0 Å². The maximum absolute atomic E-state index is 13.9. The van der Waals surface area contributed by atoms with Gasteiger partial charge >= 0.3 is 0 Å². The number of fused-ring (bicyclic) bond motifs is 8. The van der Waals surface area contributed by atoms with Gasteiger partial charge in [-0.2, -0.15) is 0 Å². The third-order valence-electron chi connectivity index (χ3n) is 9.46. The summed E-state index contributed by atoms with van der Waals surface area (Å²) in [5.41, 5.74) is 11.4. The number of benzene rings is 7. The monoisotopic (exact) mass is 634 g/mol. The van der Waals surface area contributed by atoms with E-state index in [2.05, 4.69) is 113 Å². The Kier molecular flexibility index (Phi) is 6.02. The summed E-state index contributed by atoms with van der Waals surface area (Å²) in [5, 5.41) is 4.13. The Bertz CT molecular complexity index is 2830. The van der Waals surface area contributed by atoms with Gasteiger partial charge in [0.2, 0.25) is 0 Å². The average molecular weight is 635 g/mol. The fraction of sp³-hybridized carbons (Fsp3) is 0. The second kappa shape index (κ2) is 10.7. The molecule has 0 unspecified atom stereocenters. The number of hydrogen-bond acceptors (Lipinski definition) is 3. The van der Waals surface area contributed by atoms with Crippen LogP contribution in [0.25, 0.3) is 71.7 Å². The maximum atomic E-state index is 13.9. The van der Waals surface area contributed by atoms with Gasteiger partial charge in [-0.25, -0.2) is 4.39 Å². The SMILES string of the molecule is Fc1ccc(-n2c3ccccc3c3cc(N(c4ccc(-c5ccccc5)cc4)c4ccc5c(c4)oc4c6ccccc6oc54)ccc32)cc1. The molecule has 5 heteroatoms. The molecule has 0 atom stereocenters. The first-order valence-electron chi connectivity index (χ1n) is 16.3. The molecule has 3 heterocycles. The van der Waals surface area contributed by atoms with Crippen molar-refractivity contribution in [2.45, 2.75) is 0 Å². The van der Waals surface area contributed by atoms with Crippen LogP contribution < -0.4 is 4.90 Å². The lowest BCUT2D eigenvalue weighted by molar-refractivity contribution is 0.627. The van der Waals surface area contributed by atoms with Crippen molar-refractivity contribution in [1.29, 1.82) is 0 Å². The summed E-state index contributed by atoms with van der Waals surface area (Å²) in [6, 6.07) is 54.9. The van der Waals surface area contributed by atoms with Gasteiger partial charge in [0.25, 0.3) is 0 Å². The first-order valence-corrected chi connectivity index (χ1v) is 16.3. The van der Waals surface area contributed by atoms with Gasteiger partial charge in [-0.15, -0.1) is 0 Å². The average Bonchev–Trinajstić information content (AvgIpc) is 3.81. The van der Waals surface area contributed by atoms with Crippen molar-refractivity contribution in [2.24, 2.45) is 0 Å². The van der Waals surface area contributed by atoms with E-state index in [9.17, 15) is 4.39 Å². The molecule has 0 saturated heterocycles. The summed E-state index contributed by atoms with van der Waals surface area (Å²) in [4.78, 5) is 2.26. The number of anilines is 3. The smallest absolute Gasteiger partial charge is 0.181 e. The summed E-state index contributed by atoms with van der Waals surface area (Å²) in [6.07, 6.45) is 0. The summed E-state index contributed by atoms with van der Waals surface area (Å²) in [7, 11) is 0. The first kappa shape index (κ1) is 27.5. The molecule has 0 aliphatic heterocycles. The highest BCUT2D eigenvalue weighted by molar-refractivity contribution is 6.13. The molecule has 49 heavy (non-hydrogen) atoms. The van der Waals surface area contributed by atoms with E-state index in [1.807, 2.05) is 48.5 Å². The largest absolute Gasteiger partial charge is 0.452 e. The summed E-state index contributed by atoms with van der Waals surface area (Å²) < 4.78 is 28.8. The van der Waals surface area contributed by atoms with Crippen molar-refractivity contribution in [3.05, 3.63) is 170 Å². The molecule has 10 aromatic rings. The third kappa shape index (κ3) is 4.36. The molecule has 0 radical (unpaired) electrons. The minimum Gasteiger partial charge on any atom is -0.452 e. The molecule has 0 bridgehead atoms. The van der Waals surface area contributed by atoms with Crippen molar-refractivity contribution in [3.63, 3.8) is 0 Å². The number of aromatic nitrogens is 1. The molecule has 0 aliphatic carbocycles. The quantitative estimate of drug-likeness (QED) is 0.189. The van der Waals surface area contributed by atoms with Crippen LogP contribution in [0.2, 0.25) is 0 Å². The summed E-state index contributed by atoms with van der Waals surface area (Å²) in [5.74, 6) is -0.254. The zero-order chi connectivity index (χ0) is 32.5. The predicted molar refractivity (Wildman–Crippen MR) is 198 cm³/mol. The minimum absolute atomic E-state index is 0.254. The Hall–Kier alpha value is -6.59. The van der Waals surface area contributed by atoms with E-state index in [4.69, 9.17) is 8.83 Å². The van der Waals surface area contributed by atoms with E-state index in [0.717, 1.165) is 83.2 Å². The van der Waals surface area contributed by atoms with Gasteiger partial charge in [0.05, 0.1) is 21.8 Å². The Balaban J connectivity index is 1.17. The topological polar surface area (TPSA) is 34.5 Å². The molecule has 0 spiro atoms. The van der Waals surface area contributed by atoms with Gasteiger partial charge in [-0.3, -0.25) is 0 Å². The molecule has 0 saturated carbocycles. The Morgan fingerprint density at radius 1 is 0.429 bits per heavy atom. The molecule has 10 rings (SSSR count). The maximum Gasteiger partial charge on any atom is 0.181 e. The molecule has 0 N–H and O–H groups in total. The van der Waals surface area contributed by atoms with Crippen molar-refractivity contribution in [3.8, 4) is 16.8 Å². The molecular weight excluding hydrogens is 607 g/mol. The number of furan rings is 2. The van der Waals surface area contributed by atoms with Gasteiger partial charge in [-0.05, 0) is 96.1 Å². The lowest BCUT2D eigenvalue weighted by Gasteiger charge is -2.26. The highest BCUT2D eigenvalue weighted by atomic mass is 19.1. The van der Waals surface area contributed by atoms with Crippen molar-refractivity contribution in [2.75, 3.05) is 4.90 Å². The lowest BCUT2D eigenvalue weighted by Crippen LogP contribution is -2.09. The fourth-order valence-electron chi connectivity index (χ4n) is 7.18. The molecule has 0 fully saturated rings. The summed E-state index contributed by atoms with van der Waals surface area (Å²) in [6.45, 7) is 0. The van der Waals surface area contributed by atoms with Crippen LogP contribution in [0.3, 0.4) is 0 Å². The molecular formula is C44H27FN2O2. The van der Waals surface area contributed by atoms with Crippen LogP contribution in [0.1, 0.15) is 0 Å². The molecule has 232 valence electrons. The van der Waals surface area contributed by atoms with Crippen LogP contribution >= 0.6 is 0 Å². The first-order chi connectivity index (χ1) is 24.2. The highest BCUT2D eigenvalue weighted by Gasteiger charge is 2.21. The predicted octanol–water partition coefficient (Wildman–Crippen LogP) is 12.7. The Morgan fingerprint density at radius 3 is 1.84 bits per heavy atom.